The van der Waals surface area contributed by atoms with Crippen molar-refractivity contribution in [3.8, 4) is 0 Å². The van der Waals surface area contributed by atoms with Crippen LogP contribution in [0.2, 0.25) is 0 Å². The molecule has 0 aliphatic carbocycles. The Labute approximate surface area is 184 Å². The van der Waals surface area contributed by atoms with Crippen molar-refractivity contribution < 1.29 is 24.6 Å². The Morgan fingerprint density at radius 1 is 1.35 bits per heavy atom. The SMILES string of the molecule is Cn1nnnc1SCC1=C(C(=O)O)N2C(=O)[C@H](NC(=O)[C@H](O)c3ccccc3)[C@H]2SC1. The molecule has 0 saturated carbocycles. The van der Waals surface area contributed by atoms with Crippen LogP contribution in [0.3, 0.4) is 0 Å². The number of aliphatic hydroxyl groups is 1. The van der Waals surface area contributed by atoms with Gasteiger partial charge in [0, 0.05) is 18.6 Å². The normalized spacial score (nSPS) is 21.4. The van der Waals surface area contributed by atoms with Crippen LogP contribution in [0, 0.1) is 0 Å². The third-order valence-corrected chi connectivity index (χ3v) is 7.30. The van der Waals surface area contributed by atoms with Crippen LogP contribution in [0.4, 0.5) is 0 Å². The molecule has 2 amide bonds. The van der Waals surface area contributed by atoms with E-state index in [-0.39, 0.29) is 5.70 Å². The molecule has 2 aliphatic heterocycles. The lowest BCUT2D eigenvalue weighted by molar-refractivity contribution is -0.151. The number of aryl methyl sites for hydroxylation is 1. The highest BCUT2D eigenvalue weighted by molar-refractivity contribution is 8.01. The number of benzene rings is 1. The van der Waals surface area contributed by atoms with Gasteiger partial charge >= 0.3 is 5.97 Å². The molecule has 0 radical (unpaired) electrons. The zero-order valence-corrected chi connectivity index (χ0v) is 17.8. The van der Waals surface area contributed by atoms with Gasteiger partial charge in [-0.1, -0.05) is 42.1 Å². The van der Waals surface area contributed by atoms with Gasteiger partial charge in [-0.25, -0.2) is 9.48 Å². The minimum absolute atomic E-state index is 0.0783. The first-order valence-corrected chi connectivity index (χ1v) is 11.2. The van der Waals surface area contributed by atoms with Crippen LogP contribution >= 0.6 is 23.5 Å². The molecular weight excluding hydrogens is 444 g/mol. The molecule has 4 rings (SSSR count). The number of aliphatic carboxylic acids is 1. The number of aliphatic hydroxyl groups excluding tert-OH is 1. The molecular formula is C18H18N6O5S2. The van der Waals surface area contributed by atoms with E-state index in [4.69, 9.17) is 0 Å². The zero-order chi connectivity index (χ0) is 22.1. The molecule has 162 valence electrons. The topological polar surface area (TPSA) is 151 Å². The van der Waals surface area contributed by atoms with Crippen molar-refractivity contribution in [1.82, 2.24) is 30.4 Å². The van der Waals surface area contributed by atoms with Crippen LogP contribution in [-0.4, -0.2) is 76.0 Å². The van der Waals surface area contributed by atoms with Crippen molar-refractivity contribution in [3.05, 3.63) is 47.2 Å². The second kappa shape index (κ2) is 8.69. The van der Waals surface area contributed by atoms with Gasteiger partial charge in [0.25, 0.3) is 11.8 Å². The molecule has 0 bridgehead atoms. The summed E-state index contributed by atoms with van der Waals surface area (Å²) in [5.41, 5.74) is 0.901. The van der Waals surface area contributed by atoms with Gasteiger partial charge in [-0.05, 0) is 21.6 Å². The highest BCUT2D eigenvalue weighted by Gasteiger charge is 2.54. The summed E-state index contributed by atoms with van der Waals surface area (Å²) >= 11 is 2.64. The fraction of sp³-hybridized carbons (Fsp3) is 0.333. The van der Waals surface area contributed by atoms with Gasteiger partial charge in [-0.2, -0.15) is 0 Å². The number of nitrogens with one attached hydrogen (secondary N) is 1. The van der Waals surface area contributed by atoms with E-state index in [1.165, 1.54) is 33.1 Å². The van der Waals surface area contributed by atoms with Crippen molar-refractivity contribution in [2.24, 2.45) is 7.05 Å². The summed E-state index contributed by atoms with van der Waals surface area (Å²) in [7, 11) is 1.68. The number of nitrogens with zero attached hydrogens (tertiary/aromatic N) is 5. The average Bonchev–Trinajstić information content (AvgIpc) is 3.19. The molecule has 2 aliphatic rings. The van der Waals surface area contributed by atoms with Crippen LogP contribution in [0.25, 0.3) is 0 Å². The lowest BCUT2D eigenvalue weighted by Crippen LogP contribution is -2.70. The zero-order valence-electron chi connectivity index (χ0n) is 16.2. The summed E-state index contributed by atoms with van der Waals surface area (Å²) in [6, 6.07) is 7.46. The van der Waals surface area contributed by atoms with Gasteiger partial charge in [0.2, 0.25) is 5.16 Å². The first kappa shape index (κ1) is 21.3. The van der Waals surface area contributed by atoms with Gasteiger partial charge in [0.1, 0.15) is 17.1 Å². The van der Waals surface area contributed by atoms with E-state index in [1.807, 2.05) is 0 Å². The van der Waals surface area contributed by atoms with Crippen molar-refractivity contribution in [1.29, 1.82) is 0 Å². The molecule has 1 saturated heterocycles. The fourth-order valence-corrected chi connectivity index (χ4v) is 5.64. The Morgan fingerprint density at radius 3 is 2.74 bits per heavy atom. The maximum atomic E-state index is 12.7. The lowest BCUT2D eigenvalue weighted by atomic mass is 10.0. The Kier molecular flexibility index (Phi) is 5.98. The molecule has 0 unspecified atom stereocenters. The molecule has 0 spiro atoms. The number of thioether (sulfide) groups is 2. The molecule has 1 aromatic heterocycles. The number of aromatic nitrogens is 4. The first-order valence-electron chi connectivity index (χ1n) is 9.17. The van der Waals surface area contributed by atoms with Gasteiger partial charge in [0.15, 0.2) is 6.10 Å². The molecule has 1 fully saturated rings. The summed E-state index contributed by atoms with van der Waals surface area (Å²) in [4.78, 5) is 38.2. The summed E-state index contributed by atoms with van der Waals surface area (Å²) in [5, 5.41) is 33.6. The van der Waals surface area contributed by atoms with Crippen molar-refractivity contribution in [2.75, 3.05) is 11.5 Å². The molecule has 31 heavy (non-hydrogen) atoms. The second-order valence-electron chi connectivity index (χ2n) is 6.84. The number of amides is 2. The van der Waals surface area contributed by atoms with Gasteiger partial charge in [0.05, 0.1) is 0 Å². The van der Waals surface area contributed by atoms with Crippen molar-refractivity contribution >= 4 is 41.3 Å². The van der Waals surface area contributed by atoms with Gasteiger partial charge in [-0.3, -0.25) is 14.5 Å². The van der Waals surface area contributed by atoms with E-state index in [1.54, 1.807) is 37.4 Å². The van der Waals surface area contributed by atoms with Crippen LogP contribution in [0.15, 0.2) is 46.8 Å². The number of carbonyl (C=O) groups is 3. The standard InChI is InChI=1S/C18H18N6O5S2/c1-23-18(20-21-22-23)31-8-10-7-30-16-11(15(27)24(16)12(10)17(28)29)19-14(26)13(25)9-5-3-2-4-6-9/h2-6,11,13,16,25H,7-8H2,1H3,(H,19,26)(H,28,29)/t11-,13+,16+/m0/s1. The lowest BCUT2D eigenvalue weighted by Gasteiger charge is -2.49. The number of fused-ring (bicyclic) bond motifs is 1. The van der Waals surface area contributed by atoms with E-state index in [9.17, 15) is 24.6 Å². The minimum Gasteiger partial charge on any atom is -0.477 e. The number of carboxylic acids is 1. The van der Waals surface area contributed by atoms with Crippen molar-refractivity contribution in [3.63, 3.8) is 0 Å². The molecule has 13 heteroatoms. The summed E-state index contributed by atoms with van der Waals surface area (Å²) in [6.07, 6.45) is -1.42. The van der Waals surface area contributed by atoms with E-state index >= 15 is 0 Å². The van der Waals surface area contributed by atoms with E-state index < -0.39 is 35.3 Å². The Balaban J connectivity index is 1.46. The average molecular weight is 463 g/mol. The fourth-order valence-electron chi connectivity index (χ4n) is 3.31. The number of rotatable bonds is 7. The molecule has 3 heterocycles. The quantitative estimate of drug-likeness (QED) is 0.372. The maximum absolute atomic E-state index is 12.7. The molecule has 3 atom stereocenters. The number of hydrogen-bond acceptors (Lipinski definition) is 9. The maximum Gasteiger partial charge on any atom is 0.352 e. The van der Waals surface area contributed by atoms with E-state index in [2.05, 4.69) is 20.8 Å². The monoisotopic (exact) mass is 462 g/mol. The minimum atomic E-state index is -1.42. The van der Waals surface area contributed by atoms with Crippen LogP contribution in [0.5, 0.6) is 0 Å². The van der Waals surface area contributed by atoms with Crippen LogP contribution < -0.4 is 5.32 Å². The number of carbonyl (C=O) groups excluding carboxylic acids is 2. The van der Waals surface area contributed by atoms with Gasteiger partial charge in [-0.15, -0.1) is 16.9 Å². The van der Waals surface area contributed by atoms with Gasteiger partial charge < -0.3 is 15.5 Å². The van der Waals surface area contributed by atoms with Crippen LogP contribution in [-0.2, 0) is 21.4 Å². The summed E-state index contributed by atoms with van der Waals surface area (Å²) < 4.78 is 1.48. The van der Waals surface area contributed by atoms with Crippen molar-refractivity contribution in [2.45, 2.75) is 22.7 Å². The largest absolute Gasteiger partial charge is 0.477 e. The number of tetrazole rings is 1. The molecule has 2 aromatic rings. The predicted molar refractivity (Wildman–Crippen MR) is 111 cm³/mol. The molecule has 3 N–H and O–H groups in total. The second-order valence-corrected chi connectivity index (χ2v) is 8.89. The highest BCUT2D eigenvalue weighted by Crippen LogP contribution is 2.41. The highest BCUT2D eigenvalue weighted by atomic mass is 32.2. The predicted octanol–water partition coefficient (Wildman–Crippen LogP) is -0.226. The Morgan fingerprint density at radius 2 is 2.10 bits per heavy atom. The third kappa shape index (κ3) is 4.03. The first-order chi connectivity index (χ1) is 14.9. The number of β-lactam (4-membered cyclic amide) rings is 1. The number of hydrogen-bond donors (Lipinski definition) is 3. The third-order valence-electron chi connectivity index (χ3n) is 4.87. The van der Waals surface area contributed by atoms with Crippen LogP contribution in [0.1, 0.15) is 11.7 Å². The Hall–Kier alpha value is -2.90. The summed E-state index contributed by atoms with van der Waals surface area (Å²) in [6.45, 7) is 0. The molecule has 11 nitrogen and oxygen atoms in total. The number of carboxylic acid groups (broad SMARTS) is 1. The summed E-state index contributed by atoms with van der Waals surface area (Å²) in [5.74, 6) is -1.75. The van der Waals surface area contributed by atoms with E-state index in [0.717, 1.165) is 0 Å². The molecule has 1 aromatic carbocycles. The van der Waals surface area contributed by atoms with E-state index in [0.29, 0.717) is 27.8 Å². The Bertz CT molecular complexity index is 1060. The smallest absolute Gasteiger partial charge is 0.352 e.